The Labute approximate surface area is 112 Å². The van der Waals surface area contributed by atoms with Crippen LogP contribution in [0.2, 0.25) is 0 Å². The number of nitrogens with zero attached hydrogens (tertiary/aromatic N) is 2. The van der Waals surface area contributed by atoms with Gasteiger partial charge in [-0.25, -0.2) is 9.78 Å². The molecular formula is C13H19N3O3. The fraction of sp³-hybridized carbons (Fsp3) is 0.615. The molecule has 0 spiro atoms. The number of anilines is 1. The normalized spacial score (nSPS) is 17.1. The molecule has 1 aromatic rings. The van der Waals surface area contributed by atoms with Gasteiger partial charge >= 0.3 is 5.97 Å². The number of nitrogens with one attached hydrogen (secondary N) is 1. The lowest BCUT2D eigenvalue weighted by Crippen LogP contribution is -2.44. The van der Waals surface area contributed by atoms with Gasteiger partial charge in [-0.2, -0.15) is 4.98 Å². The maximum atomic E-state index is 11.4. The Hall–Kier alpha value is -1.85. The summed E-state index contributed by atoms with van der Waals surface area (Å²) in [5.41, 5.74) is -0.927. The number of carbonyl (C=O) groups is 1. The van der Waals surface area contributed by atoms with Crippen LogP contribution in [0.4, 0.5) is 5.95 Å². The van der Waals surface area contributed by atoms with Gasteiger partial charge in [-0.1, -0.05) is 19.8 Å². The molecule has 0 amide bonds. The van der Waals surface area contributed by atoms with Gasteiger partial charge in [0.15, 0.2) is 0 Å². The van der Waals surface area contributed by atoms with E-state index in [2.05, 4.69) is 15.3 Å². The fourth-order valence-corrected chi connectivity index (χ4v) is 2.27. The zero-order valence-electron chi connectivity index (χ0n) is 11.1. The lowest BCUT2D eigenvalue weighted by atomic mass is 9.98. The van der Waals surface area contributed by atoms with E-state index in [1.54, 1.807) is 12.3 Å². The maximum absolute atomic E-state index is 11.4. The van der Waals surface area contributed by atoms with E-state index in [1.165, 1.54) is 0 Å². The summed E-state index contributed by atoms with van der Waals surface area (Å²) in [4.78, 5) is 19.7. The summed E-state index contributed by atoms with van der Waals surface area (Å²) in [6.45, 7) is 2.60. The molecule has 104 valence electrons. The van der Waals surface area contributed by atoms with Crippen LogP contribution in [-0.4, -0.2) is 33.2 Å². The molecule has 6 nitrogen and oxygen atoms in total. The summed E-state index contributed by atoms with van der Waals surface area (Å²) in [6, 6.07) is 1.67. The molecule has 1 fully saturated rings. The van der Waals surface area contributed by atoms with Crippen LogP contribution in [0.15, 0.2) is 12.3 Å². The third-order valence-corrected chi connectivity index (χ3v) is 3.30. The van der Waals surface area contributed by atoms with E-state index in [-0.39, 0.29) is 0 Å². The highest BCUT2D eigenvalue weighted by atomic mass is 16.5. The third kappa shape index (κ3) is 3.13. The SMILES string of the molecule is CCCOc1ccnc(NC2(C(=O)O)CCCC2)n1. The number of hydrogen-bond donors (Lipinski definition) is 2. The Balaban J connectivity index is 2.11. The monoisotopic (exact) mass is 265 g/mol. The van der Waals surface area contributed by atoms with Crippen LogP contribution < -0.4 is 10.1 Å². The second-order valence-corrected chi connectivity index (χ2v) is 4.79. The lowest BCUT2D eigenvalue weighted by molar-refractivity contribution is -0.142. The summed E-state index contributed by atoms with van der Waals surface area (Å²) in [6.07, 6.45) is 5.49. The lowest BCUT2D eigenvalue weighted by Gasteiger charge is -2.25. The molecule has 0 aromatic carbocycles. The van der Waals surface area contributed by atoms with E-state index in [9.17, 15) is 9.90 Å². The minimum Gasteiger partial charge on any atom is -0.480 e. The first-order chi connectivity index (χ1) is 9.16. The van der Waals surface area contributed by atoms with Crippen LogP contribution in [0.1, 0.15) is 39.0 Å². The van der Waals surface area contributed by atoms with Gasteiger partial charge in [0.05, 0.1) is 6.61 Å². The summed E-state index contributed by atoms with van der Waals surface area (Å²) in [5, 5.41) is 12.4. The van der Waals surface area contributed by atoms with Gasteiger partial charge in [0.1, 0.15) is 5.54 Å². The van der Waals surface area contributed by atoms with E-state index in [0.717, 1.165) is 19.3 Å². The van der Waals surface area contributed by atoms with Crippen molar-refractivity contribution in [2.45, 2.75) is 44.6 Å². The number of rotatable bonds is 6. The number of ether oxygens (including phenoxy) is 1. The van der Waals surface area contributed by atoms with Gasteiger partial charge in [0.25, 0.3) is 0 Å². The minimum absolute atomic E-state index is 0.318. The smallest absolute Gasteiger partial charge is 0.329 e. The van der Waals surface area contributed by atoms with E-state index >= 15 is 0 Å². The number of aliphatic carboxylic acids is 1. The highest BCUT2D eigenvalue weighted by Gasteiger charge is 2.41. The van der Waals surface area contributed by atoms with Crippen LogP contribution in [0, 0.1) is 0 Å². The van der Waals surface area contributed by atoms with E-state index in [4.69, 9.17) is 4.74 Å². The number of carboxylic acids is 1. The molecular weight excluding hydrogens is 246 g/mol. The van der Waals surface area contributed by atoms with Crippen molar-refractivity contribution in [2.75, 3.05) is 11.9 Å². The second kappa shape index (κ2) is 5.86. The first kappa shape index (κ1) is 13.6. The van der Waals surface area contributed by atoms with Crippen molar-refractivity contribution in [2.24, 2.45) is 0 Å². The van der Waals surface area contributed by atoms with Crippen LogP contribution >= 0.6 is 0 Å². The van der Waals surface area contributed by atoms with Crippen LogP contribution in [0.5, 0.6) is 5.88 Å². The van der Waals surface area contributed by atoms with Crippen molar-refractivity contribution < 1.29 is 14.6 Å². The first-order valence-electron chi connectivity index (χ1n) is 6.64. The van der Waals surface area contributed by atoms with Crippen LogP contribution in [-0.2, 0) is 4.79 Å². The van der Waals surface area contributed by atoms with Gasteiger partial charge in [-0.05, 0) is 19.3 Å². The van der Waals surface area contributed by atoms with Crippen molar-refractivity contribution in [3.63, 3.8) is 0 Å². The largest absolute Gasteiger partial charge is 0.480 e. The molecule has 1 aliphatic rings. The molecule has 6 heteroatoms. The third-order valence-electron chi connectivity index (χ3n) is 3.30. The Morgan fingerprint density at radius 3 is 2.89 bits per heavy atom. The quantitative estimate of drug-likeness (QED) is 0.819. The highest BCUT2D eigenvalue weighted by molar-refractivity contribution is 5.82. The molecule has 1 heterocycles. The molecule has 2 rings (SSSR count). The Morgan fingerprint density at radius 1 is 1.53 bits per heavy atom. The number of aromatic nitrogens is 2. The predicted molar refractivity (Wildman–Crippen MR) is 70.3 cm³/mol. The second-order valence-electron chi connectivity index (χ2n) is 4.79. The highest BCUT2D eigenvalue weighted by Crippen LogP contribution is 2.32. The molecule has 1 aromatic heterocycles. The van der Waals surface area contributed by atoms with E-state index in [1.807, 2.05) is 6.92 Å². The molecule has 0 atom stereocenters. The summed E-state index contributed by atoms with van der Waals surface area (Å²) < 4.78 is 5.42. The average Bonchev–Trinajstić information content (AvgIpc) is 2.87. The van der Waals surface area contributed by atoms with Crippen LogP contribution in [0.3, 0.4) is 0 Å². The molecule has 0 unspecified atom stereocenters. The standard InChI is InChI=1S/C13H19N3O3/c1-2-9-19-10-5-8-14-12(15-10)16-13(11(17)18)6-3-4-7-13/h5,8H,2-4,6-7,9H2,1H3,(H,17,18)(H,14,15,16). The molecule has 1 aliphatic carbocycles. The summed E-state index contributed by atoms with van der Waals surface area (Å²) in [7, 11) is 0. The Bertz CT molecular complexity index is 445. The zero-order chi connectivity index (χ0) is 13.7. The molecule has 0 radical (unpaired) electrons. The van der Waals surface area contributed by atoms with Crippen LogP contribution in [0.25, 0.3) is 0 Å². The van der Waals surface area contributed by atoms with Crippen molar-refractivity contribution in [3.8, 4) is 5.88 Å². The van der Waals surface area contributed by atoms with Crippen molar-refractivity contribution in [1.82, 2.24) is 9.97 Å². The topological polar surface area (TPSA) is 84.3 Å². The Morgan fingerprint density at radius 2 is 2.26 bits per heavy atom. The number of carboxylic acid groups (broad SMARTS) is 1. The molecule has 19 heavy (non-hydrogen) atoms. The zero-order valence-corrected chi connectivity index (χ0v) is 11.1. The summed E-state index contributed by atoms with van der Waals surface area (Å²) in [5.74, 6) is -0.0516. The van der Waals surface area contributed by atoms with Crippen molar-refractivity contribution in [1.29, 1.82) is 0 Å². The van der Waals surface area contributed by atoms with Gasteiger partial charge < -0.3 is 15.2 Å². The number of hydrogen-bond acceptors (Lipinski definition) is 5. The molecule has 2 N–H and O–H groups in total. The Kier molecular flexibility index (Phi) is 4.19. The molecule has 0 aliphatic heterocycles. The summed E-state index contributed by atoms with van der Waals surface area (Å²) >= 11 is 0. The maximum Gasteiger partial charge on any atom is 0.329 e. The van der Waals surface area contributed by atoms with Gasteiger partial charge in [0, 0.05) is 12.3 Å². The van der Waals surface area contributed by atoms with Crippen molar-refractivity contribution in [3.05, 3.63) is 12.3 Å². The predicted octanol–water partition coefficient (Wildman–Crippen LogP) is 2.07. The first-order valence-corrected chi connectivity index (χ1v) is 6.64. The van der Waals surface area contributed by atoms with Gasteiger partial charge in [0.2, 0.25) is 11.8 Å². The van der Waals surface area contributed by atoms with Gasteiger partial charge in [-0.3, -0.25) is 0 Å². The van der Waals surface area contributed by atoms with E-state index < -0.39 is 11.5 Å². The minimum atomic E-state index is -0.927. The average molecular weight is 265 g/mol. The van der Waals surface area contributed by atoms with E-state index in [0.29, 0.717) is 31.3 Å². The van der Waals surface area contributed by atoms with Crippen molar-refractivity contribution >= 4 is 11.9 Å². The molecule has 0 bridgehead atoms. The fourth-order valence-electron chi connectivity index (χ4n) is 2.27. The molecule has 1 saturated carbocycles. The van der Waals surface area contributed by atoms with Gasteiger partial charge in [-0.15, -0.1) is 0 Å². The molecule has 0 saturated heterocycles.